The zero-order valence-electron chi connectivity index (χ0n) is 27.7. The van der Waals surface area contributed by atoms with Gasteiger partial charge in [-0.1, -0.05) is 53.5 Å². The molecule has 3 aromatic carbocycles. The van der Waals surface area contributed by atoms with Crippen molar-refractivity contribution in [3.63, 3.8) is 0 Å². The summed E-state index contributed by atoms with van der Waals surface area (Å²) in [6.07, 6.45) is 0. The number of halogens is 2. The Hall–Kier alpha value is -4.22. The third kappa shape index (κ3) is 7.15. The third-order valence-corrected chi connectivity index (χ3v) is 12.0. The smallest absolute Gasteiger partial charge is 0.266 e. The normalized spacial score (nSPS) is 19.9. The summed E-state index contributed by atoms with van der Waals surface area (Å²) in [5.41, 5.74) is 1.75. The Morgan fingerprint density at radius 2 is 1.41 bits per heavy atom. The first-order valence-electron chi connectivity index (χ1n) is 16.7. The number of nitrogens with zero attached hydrogens (tertiary/aromatic N) is 6. The number of anilines is 1. The van der Waals surface area contributed by atoms with Crippen LogP contribution in [0.1, 0.15) is 34.3 Å². The van der Waals surface area contributed by atoms with Crippen molar-refractivity contribution in [3.8, 4) is 6.07 Å². The number of sulfonamides is 1. The van der Waals surface area contributed by atoms with E-state index in [9.17, 15) is 23.3 Å². The van der Waals surface area contributed by atoms with E-state index >= 15 is 0 Å². The zero-order valence-corrected chi connectivity index (χ0v) is 30.0. The largest absolute Gasteiger partial charge is 0.378 e. The van der Waals surface area contributed by atoms with Crippen LogP contribution in [-0.2, 0) is 26.1 Å². The number of nitriles is 1. The Labute approximate surface area is 306 Å². The summed E-state index contributed by atoms with van der Waals surface area (Å²) in [5.74, 6) is 0.309. The van der Waals surface area contributed by atoms with Gasteiger partial charge < -0.3 is 9.64 Å². The van der Waals surface area contributed by atoms with E-state index in [4.69, 9.17) is 27.9 Å². The van der Waals surface area contributed by atoms with Gasteiger partial charge in [0.1, 0.15) is 5.82 Å². The monoisotopic (exact) mass is 746 g/mol. The quantitative estimate of drug-likeness (QED) is 0.258. The van der Waals surface area contributed by atoms with Gasteiger partial charge in [0.15, 0.2) is 0 Å². The van der Waals surface area contributed by atoms with Gasteiger partial charge in [-0.05, 0) is 65.7 Å². The molecular formula is C37H36Cl2N6O5S. The standard InChI is InChI=1S/C37H36Cl2N6O5S/c38-30-9-4-27(5-10-30)35-36(28-6-11-31(39)12-7-28)45(51(48,49)32-3-1-2-26(22-32)23-40)33-13-8-29(37(47)44(33)35)24-41-14-16-42(17-15-41)25-34(46)43-18-20-50-21-19-43/h1-13,22,35-36H,14-21,24-25H2/t35-,36+/m1/s1. The minimum atomic E-state index is -4.31. The Bertz CT molecular complexity index is 2120. The van der Waals surface area contributed by atoms with Crippen LogP contribution in [0, 0.1) is 11.3 Å². The summed E-state index contributed by atoms with van der Waals surface area (Å²) in [5, 5.41) is 10.6. The molecule has 3 aliphatic rings. The summed E-state index contributed by atoms with van der Waals surface area (Å²) in [4.78, 5) is 33.6. The lowest BCUT2D eigenvalue weighted by Gasteiger charge is -2.36. The molecule has 264 valence electrons. The third-order valence-electron chi connectivity index (χ3n) is 9.75. The summed E-state index contributed by atoms with van der Waals surface area (Å²) >= 11 is 12.6. The van der Waals surface area contributed by atoms with Crippen molar-refractivity contribution in [3.05, 3.63) is 128 Å². The number of amides is 1. The van der Waals surface area contributed by atoms with Crippen molar-refractivity contribution in [2.45, 2.75) is 23.5 Å². The lowest BCUT2D eigenvalue weighted by molar-refractivity contribution is -0.136. The number of carbonyl (C=O) groups is 1. The van der Waals surface area contributed by atoms with Crippen LogP contribution in [0.5, 0.6) is 0 Å². The maximum absolute atomic E-state index is 14.7. The van der Waals surface area contributed by atoms with Crippen LogP contribution in [0.15, 0.2) is 94.6 Å². The molecule has 7 rings (SSSR count). The molecule has 1 aromatic heterocycles. The number of piperazine rings is 1. The molecule has 2 atom stereocenters. The van der Waals surface area contributed by atoms with Crippen LogP contribution in [-0.4, -0.2) is 92.6 Å². The minimum Gasteiger partial charge on any atom is -0.378 e. The van der Waals surface area contributed by atoms with Gasteiger partial charge in [0.05, 0.1) is 48.4 Å². The Balaban J connectivity index is 1.25. The number of rotatable bonds is 8. The minimum absolute atomic E-state index is 0.0645. The van der Waals surface area contributed by atoms with E-state index in [1.807, 2.05) is 23.1 Å². The van der Waals surface area contributed by atoms with Crippen molar-refractivity contribution >= 4 is 45.0 Å². The predicted octanol–water partition coefficient (Wildman–Crippen LogP) is 4.54. The molecule has 0 spiro atoms. The summed E-state index contributed by atoms with van der Waals surface area (Å²) in [7, 11) is -4.31. The number of aromatic nitrogens is 1. The molecule has 0 bridgehead atoms. The van der Waals surface area contributed by atoms with Gasteiger partial charge in [0.2, 0.25) is 5.91 Å². The molecule has 2 saturated heterocycles. The van der Waals surface area contributed by atoms with Crippen LogP contribution in [0.3, 0.4) is 0 Å². The molecule has 0 radical (unpaired) electrons. The number of fused-ring (bicyclic) bond motifs is 1. The number of morpholine rings is 1. The van der Waals surface area contributed by atoms with Crippen LogP contribution in [0.4, 0.5) is 5.82 Å². The fraction of sp³-hybridized carbons (Fsp3) is 0.324. The summed E-state index contributed by atoms with van der Waals surface area (Å²) < 4.78 is 37.6. The fourth-order valence-corrected chi connectivity index (χ4v) is 9.03. The SMILES string of the molecule is N#Cc1cccc(S(=O)(=O)N2c3ccc(CN4CCN(CC(=O)N5CCOCC5)CC4)c(=O)n3[C@H](c3ccc(Cl)cc3)[C@@H]2c2ccc(Cl)cc2)c1. The number of ether oxygens (including phenoxy) is 1. The van der Waals surface area contributed by atoms with Crippen molar-refractivity contribution in [1.29, 1.82) is 5.26 Å². The molecule has 14 heteroatoms. The number of benzene rings is 3. The number of hydrogen-bond donors (Lipinski definition) is 0. The Morgan fingerprint density at radius 3 is 2.04 bits per heavy atom. The van der Waals surface area contributed by atoms with E-state index in [1.165, 1.54) is 22.5 Å². The van der Waals surface area contributed by atoms with Gasteiger partial charge in [0.25, 0.3) is 15.6 Å². The molecule has 0 unspecified atom stereocenters. The summed E-state index contributed by atoms with van der Waals surface area (Å²) in [6.45, 7) is 5.77. The first kappa shape index (κ1) is 35.2. The van der Waals surface area contributed by atoms with Gasteiger partial charge >= 0.3 is 0 Å². The van der Waals surface area contributed by atoms with Crippen molar-refractivity contribution in [1.82, 2.24) is 19.3 Å². The second-order valence-corrected chi connectivity index (χ2v) is 15.6. The highest BCUT2D eigenvalue weighted by atomic mass is 35.5. The van der Waals surface area contributed by atoms with Gasteiger partial charge in [-0.2, -0.15) is 5.26 Å². The second-order valence-electron chi connectivity index (χ2n) is 12.9. The van der Waals surface area contributed by atoms with Crippen LogP contribution in [0.2, 0.25) is 10.0 Å². The van der Waals surface area contributed by atoms with Gasteiger partial charge in [-0.3, -0.25) is 24.0 Å². The first-order chi connectivity index (χ1) is 24.6. The molecule has 4 heterocycles. The Kier molecular flexibility index (Phi) is 10.2. The highest BCUT2D eigenvalue weighted by molar-refractivity contribution is 7.92. The van der Waals surface area contributed by atoms with E-state index in [2.05, 4.69) is 9.80 Å². The zero-order chi connectivity index (χ0) is 35.7. The molecule has 51 heavy (non-hydrogen) atoms. The topological polar surface area (TPSA) is 119 Å². The number of carbonyl (C=O) groups excluding carboxylic acids is 1. The van der Waals surface area contributed by atoms with Crippen molar-refractivity contribution < 1.29 is 17.9 Å². The maximum atomic E-state index is 14.7. The molecule has 0 N–H and O–H groups in total. The molecular weight excluding hydrogens is 711 g/mol. The number of pyridine rings is 1. The van der Waals surface area contributed by atoms with E-state index in [-0.39, 0.29) is 27.7 Å². The molecule has 2 fully saturated rings. The molecule has 0 aliphatic carbocycles. The molecule has 4 aromatic rings. The summed E-state index contributed by atoms with van der Waals surface area (Å²) in [6, 6.07) is 23.7. The molecule has 11 nitrogen and oxygen atoms in total. The highest BCUT2D eigenvalue weighted by Gasteiger charge is 2.47. The van der Waals surface area contributed by atoms with E-state index < -0.39 is 22.1 Å². The predicted molar refractivity (Wildman–Crippen MR) is 194 cm³/mol. The average Bonchev–Trinajstić information content (AvgIpc) is 3.51. The van der Waals surface area contributed by atoms with E-state index in [0.29, 0.717) is 92.3 Å². The first-order valence-corrected chi connectivity index (χ1v) is 18.9. The number of hydrogen-bond acceptors (Lipinski definition) is 8. The lowest BCUT2D eigenvalue weighted by atomic mass is 9.94. The highest BCUT2D eigenvalue weighted by Crippen LogP contribution is 2.49. The van der Waals surface area contributed by atoms with Crippen LogP contribution < -0.4 is 9.86 Å². The lowest BCUT2D eigenvalue weighted by Crippen LogP contribution is -2.51. The van der Waals surface area contributed by atoms with Crippen molar-refractivity contribution in [2.75, 3.05) is 63.3 Å². The van der Waals surface area contributed by atoms with Crippen LogP contribution in [0.25, 0.3) is 0 Å². The molecule has 3 aliphatic heterocycles. The average molecular weight is 748 g/mol. The molecule has 0 saturated carbocycles. The van der Waals surface area contributed by atoms with E-state index in [0.717, 1.165) is 0 Å². The molecule has 1 amide bonds. The van der Waals surface area contributed by atoms with Gasteiger partial charge in [0, 0.05) is 61.4 Å². The van der Waals surface area contributed by atoms with Crippen LogP contribution >= 0.6 is 23.2 Å². The van der Waals surface area contributed by atoms with Crippen molar-refractivity contribution in [2.24, 2.45) is 0 Å². The fourth-order valence-electron chi connectivity index (χ4n) is 7.10. The Morgan fingerprint density at radius 1 is 0.804 bits per heavy atom. The van der Waals surface area contributed by atoms with Gasteiger partial charge in [-0.25, -0.2) is 12.7 Å². The van der Waals surface area contributed by atoms with Gasteiger partial charge in [-0.15, -0.1) is 0 Å². The second kappa shape index (κ2) is 14.8. The van der Waals surface area contributed by atoms with E-state index in [1.54, 1.807) is 59.2 Å². The maximum Gasteiger partial charge on any atom is 0.266 e.